The summed E-state index contributed by atoms with van der Waals surface area (Å²) < 4.78 is 33.1. The molecule has 0 aliphatic heterocycles. The van der Waals surface area contributed by atoms with E-state index in [9.17, 15) is 8.42 Å². The number of sulfonamides is 1. The van der Waals surface area contributed by atoms with E-state index in [1.54, 1.807) is 36.4 Å². The zero-order chi connectivity index (χ0) is 17.9. The van der Waals surface area contributed by atoms with Gasteiger partial charge >= 0.3 is 0 Å². The first-order chi connectivity index (χ1) is 12.1. The molecule has 0 radical (unpaired) electrons. The van der Waals surface area contributed by atoms with E-state index in [0.717, 1.165) is 16.5 Å². The number of hydrogen-bond donors (Lipinski definition) is 0. The average molecular weight is 355 g/mol. The van der Waals surface area contributed by atoms with Crippen LogP contribution in [0.4, 0.5) is 5.69 Å². The Kier molecular flexibility index (Phi) is 4.95. The molecule has 3 aromatic carbocycles. The summed E-state index contributed by atoms with van der Waals surface area (Å²) in [5, 5.41) is 1.93. The molecular formula is C20H21NO3S. The molecule has 25 heavy (non-hydrogen) atoms. The van der Waals surface area contributed by atoms with Gasteiger partial charge in [0.2, 0.25) is 0 Å². The first kappa shape index (κ1) is 17.3. The van der Waals surface area contributed by atoms with Crippen LogP contribution in [0.15, 0.2) is 71.6 Å². The van der Waals surface area contributed by atoms with Crippen molar-refractivity contribution in [1.82, 2.24) is 0 Å². The minimum absolute atomic E-state index is 0.293. The lowest BCUT2D eigenvalue weighted by Crippen LogP contribution is -2.30. The molecule has 3 aromatic rings. The molecule has 0 fully saturated rings. The summed E-state index contributed by atoms with van der Waals surface area (Å²) in [6.45, 7) is 4.67. The number of fused-ring (bicyclic) bond motifs is 1. The van der Waals surface area contributed by atoms with E-state index in [1.165, 1.54) is 4.31 Å². The Balaban J connectivity index is 1.99. The molecule has 0 aliphatic rings. The molecule has 0 saturated heterocycles. The number of benzene rings is 3. The molecule has 0 amide bonds. The van der Waals surface area contributed by atoms with Crippen LogP contribution >= 0.6 is 0 Å². The van der Waals surface area contributed by atoms with Crippen molar-refractivity contribution >= 4 is 26.5 Å². The van der Waals surface area contributed by atoms with Gasteiger partial charge in [-0.3, -0.25) is 4.31 Å². The van der Waals surface area contributed by atoms with Gasteiger partial charge in [-0.25, -0.2) is 8.42 Å². The summed E-state index contributed by atoms with van der Waals surface area (Å²) in [5.74, 6) is 0.727. The van der Waals surface area contributed by atoms with Gasteiger partial charge in [-0.2, -0.15) is 0 Å². The third-order valence-electron chi connectivity index (χ3n) is 4.03. The maximum Gasteiger partial charge on any atom is 0.264 e. The van der Waals surface area contributed by atoms with Gasteiger partial charge in [0.05, 0.1) is 17.2 Å². The van der Waals surface area contributed by atoms with E-state index < -0.39 is 10.0 Å². The van der Waals surface area contributed by atoms with Crippen LogP contribution in [0.5, 0.6) is 5.75 Å². The van der Waals surface area contributed by atoms with E-state index in [4.69, 9.17) is 4.74 Å². The van der Waals surface area contributed by atoms with Crippen molar-refractivity contribution in [1.29, 1.82) is 0 Å². The van der Waals surface area contributed by atoms with Crippen molar-refractivity contribution < 1.29 is 13.2 Å². The molecule has 0 saturated carbocycles. The fourth-order valence-corrected chi connectivity index (χ4v) is 4.33. The lowest BCUT2D eigenvalue weighted by Gasteiger charge is -2.23. The zero-order valence-corrected chi connectivity index (χ0v) is 15.2. The Morgan fingerprint density at radius 1 is 0.880 bits per heavy atom. The first-order valence-corrected chi connectivity index (χ1v) is 9.74. The van der Waals surface area contributed by atoms with Crippen LogP contribution in [-0.4, -0.2) is 21.6 Å². The smallest absolute Gasteiger partial charge is 0.264 e. The lowest BCUT2D eigenvalue weighted by molar-refractivity contribution is 0.340. The highest BCUT2D eigenvalue weighted by Gasteiger charge is 2.23. The van der Waals surface area contributed by atoms with Crippen molar-refractivity contribution in [3.05, 3.63) is 66.7 Å². The number of nitrogens with zero attached hydrogens (tertiary/aromatic N) is 1. The number of ether oxygens (including phenoxy) is 1. The molecule has 0 aromatic heterocycles. The summed E-state index contributed by atoms with van der Waals surface area (Å²) in [6, 6.07) is 20.1. The van der Waals surface area contributed by atoms with Crippen LogP contribution in [0.3, 0.4) is 0 Å². The maximum atomic E-state index is 13.1. The van der Waals surface area contributed by atoms with Crippen molar-refractivity contribution in [3.8, 4) is 5.75 Å². The minimum atomic E-state index is -3.63. The van der Waals surface area contributed by atoms with E-state index in [-0.39, 0.29) is 0 Å². The maximum absolute atomic E-state index is 13.1. The third kappa shape index (κ3) is 3.46. The van der Waals surface area contributed by atoms with Gasteiger partial charge < -0.3 is 4.74 Å². The standard InChI is InChI=1S/C20H21NO3S/c1-3-21(18-10-12-19(13-11-18)24-4-2)25(22,23)20-14-9-16-7-5-6-8-17(16)15-20/h5-15H,3-4H2,1-2H3. The zero-order valence-electron chi connectivity index (χ0n) is 14.3. The van der Waals surface area contributed by atoms with E-state index >= 15 is 0 Å². The highest BCUT2D eigenvalue weighted by atomic mass is 32.2. The molecule has 0 heterocycles. The molecule has 0 bridgehead atoms. The molecule has 0 N–H and O–H groups in total. The Labute approximate surface area is 148 Å². The Morgan fingerprint density at radius 3 is 2.20 bits per heavy atom. The van der Waals surface area contributed by atoms with Crippen molar-refractivity contribution in [3.63, 3.8) is 0 Å². The second-order valence-electron chi connectivity index (χ2n) is 5.61. The molecule has 3 rings (SSSR count). The van der Waals surface area contributed by atoms with Crippen LogP contribution < -0.4 is 9.04 Å². The molecule has 0 spiro atoms. The van der Waals surface area contributed by atoms with E-state index in [1.807, 2.05) is 44.2 Å². The highest BCUT2D eigenvalue weighted by Crippen LogP contribution is 2.27. The predicted molar refractivity (Wildman–Crippen MR) is 102 cm³/mol. The summed E-state index contributed by atoms with van der Waals surface area (Å²) in [6.07, 6.45) is 0. The van der Waals surface area contributed by atoms with Crippen molar-refractivity contribution in [2.45, 2.75) is 18.7 Å². The first-order valence-electron chi connectivity index (χ1n) is 8.30. The quantitative estimate of drug-likeness (QED) is 0.656. The van der Waals surface area contributed by atoms with Gasteiger partial charge in [0.1, 0.15) is 5.75 Å². The van der Waals surface area contributed by atoms with Crippen LogP contribution in [0, 0.1) is 0 Å². The Bertz CT molecular complexity index is 966. The van der Waals surface area contributed by atoms with Gasteiger partial charge in [-0.15, -0.1) is 0 Å². The van der Waals surface area contributed by atoms with E-state index in [0.29, 0.717) is 23.7 Å². The molecule has 5 heteroatoms. The van der Waals surface area contributed by atoms with E-state index in [2.05, 4.69) is 0 Å². The molecule has 4 nitrogen and oxygen atoms in total. The van der Waals surface area contributed by atoms with Crippen molar-refractivity contribution in [2.24, 2.45) is 0 Å². The summed E-state index contributed by atoms with van der Waals surface area (Å²) in [4.78, 5) is 0.293. The summed E-state index contributed by atoms with van der Waals surface area (Å²) >= 11 is 0. The molecule has 0 unspecified atom stereocenters. The van der Waals surface area contributed by atoms with Gasteiger partial charge in [-0.1, -0.05) is 30.3 Å². The molecule has 0 aliphatic carbocycles. The molecular weight excluding hydrogens is 334 g/mol. The fourth-order valence-electron chi connectivity index (χ4n) is 2.82. The molecule has 130 valence electrons. The third-order valence-corrected chi connectivity index (χ3v) is 5.93. The fraction of sp³-hybridized carbons (Fsp3) is 0.200. The van der Waals surface area contributed by atoms with Gasteiger partial charge in [0.15, 0.2) is 0 Å². The Hall–Kier alpha value is -2.53. The lowest BCUT2D eigenvalue weighted by atomic mass is 10.1. The van der Waals surface area contributed by atoms with Crippen LogP contribution in [0.25, 0.3) is 10.8 Å². The Morgan fingerprint density at radius 2 is 1.56 bits per heavy atom. The highest BCUT2D eigenvalue weighted by molar-refractivity contribution is 7.92. The minimum Gasteiger partial charge on any atom is -0.494 e. The van der Waals surface area contributed by atoms with Crippen LogP contribution in [-0.2, 0) is 10.0 Å². The summed E-state index contributed by atoms with van der Waals surface area (Å²) in [7, 11) is -3.63. The average Bonchev–Trinajstić information content (AvgIpc) is 2.63. The second-order valence-corrected chi connectivity index (χ2v) is 7.47. The number of hydrogen-bond acceptors (Lipinski definition) is 3. The largest absolute Gasteiger partial charge is 0.494 e. The van der Waals surface area contributed by atoms with Crippen LogP contribution in [0.1, 0.15) is 13.8 Å². The SMILES string of the molecule is CCOc1ccc(N(CC)S(=O)(=O)c2ccc3ccccc3c2)cc1. The number of rotatable bonds is 6. The predicted octanol–water partition coefficient (Wildman–Crippen LogP) is 4.45. The van der Waals surface area contributed by atoms with Gasteiger partial charge in [0.25, 0.3) is 10.0 Å². The van der Waals surface area contributed by atoms with Gasteiger partial charge in [0, 0.05) is 6.54 Å². The monoisotopic (exact) mass is 355 g/mol. The van der Waals surface area contributed by atoms with Gasteiger partial charge in [-0.05, 0) is 61.0 Å². The summed E-state index contributed by atoms with van der Waals surface area (Å²) in [5.41, 5.74) is 0.624. The van der Waals surface area contributed by atoms with Crippen LogP contribution in [0.2, 0.25) is 0 Å². The molecule has 0 atom stereocenters. The number of anilines is 1. The normalized spacial score (nSPS) is 11.4. The second kappa shape index (κ2) is 7.15. The van der Waals surface area contributed by atoms with Crippen molar-refractivity contribution in [2.75, 3.05) is 17.5 Å². The topological polar surface area (TPSA) is 46.6 Å².